The minimum absolute atomic E-state index is 0.137. The molecule has 2 aromatic carbocycles. The summed E-state index contributed by atoms with van der Waals surface area (Å²) in [6.07, 6.45) is 4.27. The first-order valence-electron chi connectivity index (χ1n) is 9.94. The Morgan fingerprint density at radius 1 is 1.14 bits per heavy atom. The molecule has 0 unspecified atom stereocenters. The second-order valence-corrected chi connectivity index (χ2v) is 8.64. The monoisotopic (exact) mass is 416 g/mol. The zero-order valence-corrected chi connectivity index (χ0v) is 17.4. The van der Waals surface area contributed by atoms with Gasteiger partial charge in [0.15, 0.2) is 5.72 Å². The molecule has 0 bridgehead atoms. The highest BCUT2D eigenvalue weighted by atomic mass is 35.5. The maximum Gasteiger partial charge on any atom is 0.191 e. The van der Waals surface area contributed by atoms with Gasteiger partial charge in [0.05, 0.1) is 54.3 Å². The molecule has 3 heterocycles. The number of rotatable bonds is 2. The van der Waals surface area contributed by atoms with Gasteiger partial charge in [0.25, 0.3) is 0 Å². The lowest BCUT2D eigenvalue weighted by molar-refractivity contribution is -0.906. The summed E-state index contributed by atoms with van der Waals surface area (Å²) in [5.74, 6) is 0.997. The van der Waals surface area contributed by atoms with Gasteiger partial charge in [0.1, 0.15) is 5.75 Å². The minimum Gasteiger partial charge on any atom is -0.470 e. The first kappa shape index (κ1) is 18.3. The van der Waals surface area contributed by atoms with Crippen LogP contribution in [0.4, 0.5) is 0 Å². The molecule has 28 heavy (non-hydrogen) atoms. The number of fused-ring (bicyclic) bond motifs is 4. The van der Waals surface area contributed by atoms with E-state index in [1.54, 1.807) is 4.90 Å². The number of halogens is 2. The zero-order chi connectivity index (χ0) is 19.3. The molecular formula is C22H24Cl2N3O+. The van der Waals surface area contributed by atoms with E-state index in [9.17, 15) is 0 Å². The van der Waals surface area contributed by atoms with Crippen LogP contribution in [0.1, 0.15) is 36.9 Å². The molecule has 5 rings (SSSR count). The molecule has 0 aromatic heterocycles. The van der Waals surface area contributed by atoms with Crippen molar-refractivity contribution in [3.63, 3.8) is 0 Å². The summed E-state index contributed by atoms with van der Waals surface area (Å²) in [5, 5.41) is 3.46. The van der Waals surface area contributed by atoms with Gasteiger partial charge in [-0.1, -0.05) is 47.5 Å². The largest absolute Gasteiger partial charge is 0.470 e. The molecular weight excluding hydrogens is 393 g/mol. The number of nitrogens with zero attached hydrogens (tertiary/aromatic N) is 1. The Morgan fingerprint density at radius 2 is 1.93 bits per heavy atom. The second-order valence-electron chi connectivity index (χ2n) is 7.83. The predicted octanol–water partition coefficient (Wildman–Crippen LogP) is 3.68. The fourth-order valence-electron chi connectivity index (χ4n) is 4.64. The standard InChI is InChI=1S/C22H23Cl2N3O/c1-2-26-11-9-22(10-12-26)27-20(16-5-3-4-6-21(16)28-22)14-19(25-27)15-7-8-17(23)18(24)13-15/h3-8,13-14,20,25H,2,9-12H2,1H3/p+1/t20-/m1/s1. The van der Waals surface area contributed by atoms with E-state index in [2.05, 4.69) is 47.7 Å². The van der Waals surface area contributed by atoms with Gasteiger partial charge in [-0.05, 0) is 31.2 Å². The van der Waals surface area contributed by atoms with Crippen LogP contribution in [0.5, 0.6) is 5.75 Å². The third kappa shape index (κ3) is 2.91. The quantitative estimate of drug-likeness (QED) is 0.781. The molecule has 1 atom stereocenters. The number of quaternary nitrogens is 1. The molecule has 4 nitrogen and oxygen atoms in total. The van der Waals surface area contributed by atoms with Gasteiger partial charge in [-0.25, -0.2) is 0 Å². The minimum atomic E-state index is -0.327. The lowest BCUT2D eigenvalue weighted by Crippen LogP contribution is -3.13. The molecule has 3 aliphatic heterocycles. The third-order valence-electron chi connectivity index (χ3n) is 6.29. The van der Waals surface area contributed by atoms with Crippen LogP contribution in [0.3, 0.4) is 0 Å². The Hall–Kier alpha value is -1.72. The van der Waals surface area contributed by atoms with Crippen molar-refractivity contribution < 1.29 is 9.64 Å². The molecule has 6 heteroatoms. The van der Waals surface area contributed by atoms with Gasteiger partial charge >= 0.3 is 0 Å². The topological polar surface area (TPSA) is 28.9 Å². The van der Waals surface area contributed by atoms with Crippen LogP contribution in [0, 0.1) is 0 Å². The Morgan fingerprint density at radius 3 is 2.68 bits per heavy atom. The highest BCUT2D eigenvalue weighted by Gasteiger charge is 2.52. The second kappa shape index (κ2) is 6.96. The van der Waals surface area contributed by atoms with E-state index in [0.717, 1.165) is 49.5 Å². The summed E-state index contributed by atoms with van der Waals surface area (Å²) in [7, 11) is 0. The Bertz CT molecular complexity index is 937. The van der Waals surface area contributed by atoms with Crippen LogP contribution in [0.25, 0.3) is 5.70 Å². The van der Waals surface area contributed by atoms with Crippen LogP contribution in [0.15, 0.2) is 48.5 Å². The normalized spacial score (nSPS) is 28.9. The number of hydrogen-bond donors (Lipinski definition) is 2. The molecule has 1 saturated heterocycles. The van der Waals surface area contributed by atoms with Crippen LogP contribution >= 0.6 is 23.2 Å². The van der Waals surface area contributed by atoms with Crippen molar-refractivity contribution in [3.05, 3.63) is 69.7 Å². The summed E-state index contributed by atoms with van der Waals surface area (Å²) < 4.78 is 6.66. The van der Waals surface area contributed by atoms with Crippen LogP contribution in [-0.2, 0) is 0 Å². The van der Waals surface area contributed by atoms with Crippen molar-refractivity contribution in [2.45, 2.75) is 31.5 Å². The van der Waals surface area contributed by atoms with Gasteiger partial charge in [-0.2, -0.15) is 5.01 Å². The van der Waals surface area contributed by atoms with E-state index in [-0.39, 0.29) is 11.8 Å². The van der Waals surface area contributed by atoms with Gasteiger partial charge < -0.3 is 15.1 Å². The van der Waals surface area contributed by atoms with E-state index >= 15 is 0 Å². The molecule has 2 aromatic rings. The number of nitrogens with one attached hydrogen (secondary N) is 2. The van der Waals surface area contributed by atoms with E-state index < -0.39 is 0 Å². The number of likely N-dealkylation sites (tertiary alicyclic amines) is 1. The molecule has 0 saturated carbocycles. The molecule has 2 N–H and O–H groups in total. The molecule has 3 aliphatic rings. The van der Waals surface area contributed by atoms with Gasteiger partial charge in [0, 0.05) is 11.1 Å². The fourth-order valence-corrected chi connectivity index (χ4v) is 4.94. The first-order valence-corrected chi connectivity index (χ1v) is 10.7. The average molecular weight is 417 g/mol. The summed E-state index contributed by atoms with van der Waals surface area (Å²) in [6.45, 7) is 5.65. The van der Waals surface area contributed by atoms with E-state index in [1.807, 2.05) is 18.2 Å². The Labute approximate surface area is 175 Å². The lowest BCUT2D eigenvalue weighted by Gasteiger charge is -2.50. The van der Waals surface area contributed by atoms with Crippen LogP contribution in [0.2, 0.25) is 10.0 Å². The van der Waals surface area contributed by atoms with Crippen molar-refractivity contribution in [1.82, 2.24) is 10.4 Å². The number of hydrazine groups is 1. The SMILES string of the molecule is CC[NH+]1CCC2(CC1)Oc1ccccc1[C@H]1C=C(c3ccc(Cl)c(Cl)c3)NN12. The highest BCUT2D eigenvalue weighted by molar-refractivity contribution is 6.42. The smallest absolute Gasteiger partial charge is 0.191 e. The van der Waals surface area contributed by atoms with E-state index in [1.165, 1.54) is 5.56 Å². The maximum atomic E-state index is 6.66. The van der Waals surface area contributed by atoms with Gasteiger partial charge in [0.2, 0.25) is 0 Å². The van der Waals surface area contributed by atoms with E-state index in [4.69, 9.17) is 27.9 Å². The molecule has 0 aliphatic carbocycles. The fraction of sp³-hybridized carbons (Fsp3) is 0.364. The third-order valence-corrected chi connectivity index (χ3v) is 7.03. The summed E-state index contributed by atoms with van der Waals surface area (Å²) in [6, 6.07) is 14.3. The molecule has 1 fully saturated rings. The van der Waals surface area contributed by atoms with Crippen molar-refractivity contribution in [2.24, 2.45) is 0 Å². The number of para-hydroxylation sites is 1. The highest BCUT2D eigenvalue weighted by Crippen LogP contribution is 2.47. The summed E-state index contributed by atoms with van der Waals surface area (Å²) in [5.41, 5.74) is 6.60. The molecule has 0 radical (unpaired) electrons. The van der Waals surface area contributed by atoms with E-state index in [0.29, 0.717) is 10.0 Å². The number of benzene rings is 2. The van der Waals surface area contributed by atoms with Crippen molar-refractivity contribution in [2.75, 3.05) is 19.6 Å². The van der Waals surface area contributed by atoms with Crippen molar-refractivity contribution in [1.29, 1.82) is 0 Å². The van der Waals surface area contributed by atoms with Crippen molar-refractivity contribution in [3.8, 4) is 5.75 Å². The van der Waals surface area contributed by atoms with Crippen LogP contribution < -0.4 is 15.1 Å². The maximum absolute atomic E-state index is 6.66. The Balaban J connectivity index is 1.54. The zero-order valence-electron chi connectivity index (χ0n) is 15.8. The average Bonchev–Trinajstić information content (AvgIpc) is 3.18. The number of ether oxygens (including phenoxy) is 1. The molecule has 0 amide bonds. The molecule has 146 valence electrons. The van der Waals surface area contributed by atoms with Gasteiger partial charge in [-0.3, -0.25) is 0 Å². The number of hydrogen-bond acceptors (Lipinski definition) is 3. The number of piperidine rings is 1. The van der Waals surface area contributed by atoms with Crippen LogP contribution in [-0.4, -0.2) is 30.4 Å². The van der Waals surface area contributed by atoms with Gasteiger partial charge in [-0.15, -0.1) is 0 Å². The van der Waals surface area contributed by atoms with Crippen molar-refractivity contribution >= 4 is 28.9 Å². The Kier molecular flexibility index (Phi) is 4.55. The summed E-state index contributed by atoms with van der Waals surface area (Å²) in [4.78, 5) is 1.64. The molecule has 1 spiro atoms. The first-order chi connectivity index (χ1) is 13.6. The lowest BCUT2D eigenvalue weighted by atomic mass is 9.93. The summed E-state index contributed by atoms with van der Waals surface area (Å²) >= 11 is 12.4. The predicted molar refractivity (Wildman–Crippen MR) is 112 cm³/mol.